The third-order valence-electron chi connectivity index (χ3n) is 4.33. The zero-order valence-corrected chi connectivity index (χ0v) is 12.7. The summed E-state index contributed by atoms with van der Waals surface area (Å²) in [7, 11) is 0. The lowest BCUT2D eigenvalue weighted by atomic mass is 9.90. The number of hydrogen-bond donors (Lipinski definition) is 1. The summed E-state index contributed by atoms with van der Waals surface area (Å²) in [6.07, 6.45) is 6.45. The maximum absolute atomic E-state index is 12.3. The topological polar surface area (TPSA) is 68.0 Å². The molecule has 1 aliphatic carbocycles. The Morgan fingerprint density at radius 3 is 2.96 bits per heavy atom. The number of nitrogens with one attached hydrogen (secondary N) is 1. The monoisotopic (exact) mass is 307 g/mol. The summed E-state index contributed by atoms with van der Waals surface area (Å²) < 4.78 is 5.13. The third-order valence-corrected chi connectivity index (χ3v) is 4.33. The molecule has 0 unspecified atom stereocenters. The number of benzene rings is 1. The van der Waals surface area contributed by atoms with Gasteiger partial charge in [0, 0.05) is 12.7 Å². The van der Waals surface area contributed by atoms with Gasteiger partial charge in [0.05, 0.1) is 5.39 Å². The van der Waals surface area contributed by atoms with E-state index in [1.165, 1.54) is 30.4 Å². The van der Waals surface area contributed by atoms with Gasteiger partial charge >= 0.3 is 0 Å². The summed E-state index contributed by atoms with van der Waals surface area (Å²) in [6, 6.07) is 10.0. The van der Waals surface area contributed by atoms with Gasteiger partial charge in [-0.25, -0.2) is 4.98 Å². The second-order valence-electron chi connectivity index (χ2n) is 5.88. The van der Waals surface area contributed by atoms with Crippen molar-refractivity contribution in [3.63, 3.8) is 0 Å². The Balaban J connectivity index is 1.49. The van der Waals surface area contributed by atoms with E-state index in [2.05, 4.69) is 33.7 Å². The zero-order chi connectivity index (χ0) is 15.6. The van der Waals surface area contributed by atoms with Crippen molar-refractivity contribution in [2.45, 2.75) is 32.2 Å². The minimum absolute atomic E-state index is 0.214. The Labute approximate surface area is 133 Å². The maximum Gasteiger partial charge on any atom is 0.290 e. The van der Waals surface area contributed by atoms with Crippen LogP contribution in [-0.2, 0) is 19.4 Å². The van der Waals surface area contributed by atoms with E-state index in [0.717, 1.165) is 12.0 Å². The quantitative estimate of drug-likeness (QED) is 0.807. The number of nitrogens with zero attached hydrogens (tertiary/aromatic N) is 2. The van der Waals surface area contributed by atoms with E-state index in [0.29, 0.717) is 17.6 Å². The van der Waals surface area contributed by atoms with Crippen LogP contribution in [0.2, 0.25) is 0 Å². The van der Waals surface area contributed by atoms with Crippen LogP contribution >= 0.6 is 0 Å². The van der Waals surface area contributed by atoms with Crippen molar-refractivity contribution in [3.05, 3.63) is 59.0 Å². The largest absolute Gasteiger partial charge is 0.348 e. The highest BCUT2D eigenvalue weighted by molar-refractivity contribution is 6.02. The average molecular weight is 307 g/mol. The Morgan fingerprint density at radius 2 is 2.04 bits per heavy atom. The van der Waals surface area contributed by atoms with Crippen LogP contribution in [-0.4, -0.2) is 16.0 Å². The zero-order valence-electron chi connectivity index (χ0n) is 12.7. The first kappa shape index (κ1) is 13.9. The minimum Gasteiger partial charge on any atom is -0.348 e. The summed E-state index contributed by atoms with van der Waals surface area (Å²) in [5.41, 5.74) is 4.42. The van der Waals surface area contributed by atoms with E-state index in [-0.39, 0.29) is 11.7 Å². The molecule has 0 spiro atoms. The Morgan fingerprint density at radius 1 is 1.17 bits per heavy atom. The number of carbonyl (C=O) groups excluding carboxylic acids is 1. The number of amides is 1. The maximum atomic E-state index is 12.3. The lowest BCUT2D eigenvalue weighted by molar-refractivity contribution is 0.0916. The van der Waals surface area contributed by atoms with E-state index in [9.17, 15) is 4.79 Å². The first-order valence-electron chi connectivity index (χ1n) is 7.90. The number of carbonyl (C=O) groups is 1. The van der Waals surface area contributed by atoms with Crippen molar-refractivity contribution in [1.29, 1.82) is 0 Å². The van der Waals surface area contributed by atoms with Crippen molar-refractivity contribution in [3.8, 4) is 0 Å². The van der Waals surface area contributed by atoms with Gasteiger partial charge in [0.15, 0.2) is 0 Å². The fourth-order valence-corrected chi connectivity index (χ4v) is 3.11. The molecule has 0 bridgehead atoms. The van der Waals surface area contributed by atoms with Crippen LogP contribution in [0.25, 0.3) is 11.0 Å². The summed E-state index contributed by atoms with van der Waals surface area (Å²) in [4.78, 5) is 16.4. The minimum atomic E-state index is -0.266. The normalized spacial score (nSPS) is 13.7. The molecule has 0 atom stereocenters. The first-order chi connectivity index (χ1) is 11.3. The molecule has 2 heterocycles. The van der Waals surface area contributed by atoms with Gasteiger partial charge in [0.2, 0.25) is 11.4 Å². The molecule has 0 fully saturated rings. The van der Waals surface area contributed by atoms with Gasteiger partial charge in [-0.3, -0.25) is 4.79 Å². The standard InChI is InChI=1S/C18H17N3O2/c22-18(16-15-6-3-9-19-17(15)21-23-16)20-11-12-7-8-13-4-1-2-5-14(13)10-12/h3,6-10H,1-2,4-5,11H2,(H,20,22). The van der Waals surface area contributed by atoms with Crippen LogP contribution in [0.3, 0.4) is 0 Å². The molecule has 1 amide bonds. The second-order valence-corrected chi connectivity index (χ2v) is 5.88. The molecular weight excluding hydrogens is 290 g/mol. The number of fused-ring (bicyclic) bond motifs is 2. The fourth-order valence-electron chi connectivity index (χ4n) is 3.11. The van der Waals surface area contributed by atoms with Crippen molar-refractivity contribution in [1.82, 2.24) is 15.5 Å². The molecule has 5 nitrogen and oxygen atoms in total. The molecule has 1 aliphatic rings. The van der Waals surface area contributed by atoms with E-state index in [1.807, 2.05) is 0 Å². The van der Waals surface area contributed by atoms with Crippen LogP contribution in [0, 0.1) is 0 Å². The van der Waals surface area contributed by atoms with Gasteiger partial charge in [-0.2, -0.15) is 0 Å². The molecule has 2 aromatic heterocycles. The molecule has 1 N–H and O–H groups in total. The highest BCUT2D eigenvalue weighted by atomic mass is 16.5. The predicted molar refractivity (Wildman–Crippen MR) is 86.1 cm³/mol. The Bertz CT molecular complexity index is 870. The Hall–Kier alpha value is -2.69. The highest BCUT2D eigenvalue weighted by Crippen LogP contribution is 2.22. The van der Waals surface area contributed by atoms with E-state index < -0.39 is 0 Å². The molecule has 1 aromatic carbocycles. The lowest BCUT2D eigenvalue weighted by Crippen LogP contribution is -2.22. The van der Waals surface area contributed by atoms with Crippen molar-refractivity contribution in [2.24, 2.45) is 0 Å². The van der Waals surface area contributed by atoms with Crippen LogP contribution in [0.5, 0.6) is 0 Å². The summed E-state index contributed by atoms with van der Waals surface area (Å²) in [6.45, 7) is 0.481. The van der Waals surface area contributed by atoms with Gasteiger partial charge in [0.25, 0.3) is 5.91 Å². The Kier molecular flexibility index (Phi) is 3.54. The van der Waals surface area contributed by atoms with Gasteiger partial charge in [0.1, 0.15) is 0 Å². The van der Waals surface area contributed by atoms with Gasteiger partial charge in [-0.05, 0) is 54.5 Å². The van der Waals surface area contributed by atoms with E-state index in [1.54, 1.807) is 18.3 Å². The third kappa shape index (κ3) is 2.70. The van der Waals surface area contributed by atoms with E-state index in [4.69, 9.17) is 4.52 Å². The predicted octanol–water partition coefficient (Wildman–Crippen LogP) is 3.03. The fraction of sp³-hybridized carbons (Fsp3) is 0.278. The summed E-state index contributed by atoms with van der Waals surface area (Å²) in [5.74, 6) is -0.0516. The molecular formula is C18H17N3O2. The smallest absolute Gasteiger partial charge is 0.290 e. The van der Waals surface area contributed by atoms with Crippen LogP contribution in [0.1, 0.15) is 40.1 Å². The number of rotatable bonds is 3. The molecule has 0 saturated carbocycles. The lowest BCUT2D eigenvalue weighted by Gasteiger charge is -2.16. The summed E-state index contributed by atoms with van der Waals surface area (Å²) in [5, 5.41) is 7.34. The molecule has 0 radical (unpaired) electrons. The van der Waals surface area contributed by atoms with Crippen molar-refractivity contribution < 1.29 is 9.32 Å². The molecule has 23 heavy (non-hydrogen) atoms. The molecule has 0 saturated heterocycles. The molecule has 5 heteroatoms. The van der Waals surface area contributed by atoms with Crippen LogP contribution in [0.15, 0.2) is 41.1 Å². The average Bonchev–Trinajstić information content (AvgIpc) is 3.03. The van der Waals surface area contributed by atoms with Crippen molar-refractivity contribution in [2.75, 3.05) is 0 Å². The number of hydrogen-bond acceptors (Lipinski definition) is 4. The van der Waals surface area contributed by atoms with Gasteiger partial charge in [-0.15, -0.1) is 0 Å². The SMILES string of the molecule is O=C(NCc1ccc2c(c1)CCCC2)c1onc2ncccc12. The number of pyridine rings is 1. The van der Waals surface area contributed by atoms with Crippen LogP contribution < -0.4 is 5.32 Å². The second kappa shape index (κ2) is 5.83. The number of aryl methyl sites for hydroxylation is 2. The summed E-state index contributed by atoms with van der Waals surface area (Å²) >= 11 is 0. The van der Waals surface area contributed by atoms with Gasteiger partial charge < -0.3 is 9.84 Å². The number of aromatic nitrogens is 2. The molecule has 116 valence electrons. The molecule has 0 aliphatic heterocycles. The first-order valence-corrected chi connectivity index (χ1v) is 7.90. The van der Waals surface area contributed by atoms with Crippen molar-refractivity contribution >= 4 is 16.9 Å². The van der Waals surface area contributed by atoms with Gasteiger partial charge in [-0.1, -0.05) is 23.4 Å². The van der Waals surface area contributed by atoms with Crippen LogP contribution in [0.4, 0.5) is 0 Å². The van der Waals surface area contributed by atoms with E-state index >= 15 is 0 Å². The highest BCUT2D eigenvalue weighted by Gasteiger charge is 2.17. The molecule has 3 aromatic rings. The molecule has 4 rings (SSSR count).